The average Bonchev–Trinajstić information content (AvgIpc) is 2.41. The van der Waals surface area contributed by atoms with Crippen LogP contribution in [0.5, 0.6) is 0 Å². The Bertz CT molecular complexity index is 203. The molecule has 3 heteroatoms. The largest absolute Gasteiger partial charge is 0.383 e. The van der Waals surface area contributed by atoms with E-state index in [-0.39, 0.29) is 0 Å². The molecule has 1 fully saturated rings. The maximum Gasteiger partial charge on any atom is 0.0589 e. The molecule has 0 aromatic carbocycles. The maximum atomic E-state index is 5.26. The van der Waals surface area contributed by atoms with Crippen molar-refractivity contribution in [3.05, 3.63) is 0 Å². The van der Waals surface area contributed by atoms with Crippen LogP contribution in [0.2, 0.25) is 0 Å². The van der Waals surface area contributed by atoms with Gasteiger partial charge in [-0.15, -0.1) is 0 Å². The van der Waals surface area contributed by atoms with E-state index in [4.69, 9.17) is 4.74 Å². The van der Waals surface area contributed by atoms with Gasteiger partial charge in [0.05, 0.1) is 6.61 Å². The van der Waals surface area contributed by atoms with E-state index in [0.29, 0.717) is 6.04 Å². The second kappa shape index (κ2) is 8.89. The summed E-state index contributed by atoms with van der Waals surface area (Å²) in [5, 5.41) is 3.59. The summed E-state index contributed by atoms with van der Waals surface area (Å²) in [6.07, 6.45) is 6.57. The predicted octanol–water partition coefficient (Wildman–Crippen LogP) is 2.65. The van der Waals surface area contributed by atoms with E-state index >= 15 is 0 Å². The normalized spacial score (nSPS) is 26.5. The third-order valence-electron chi connectivity index (χ3n) is 4.37. The lowest BCUT2D eigenvalue weighted by molar-refractivity contribution is 0.0665. The molecule has 3 nitrogen and oxygen atoms in total. The molecule has 1 saturated carbocycles. The number of nitrogens with one attached hydrogen (secondary N) is 1. The first-order valence-corrected chi connectivity index (χ1v) is 7.70. The quantitative estimate of drug-likeness (QED) is 0.722. The third-order valence-corrected chi connectivity index (χ3v) is 4.37. The summed E-state index contributed by atoms with van der Waals surface area (Å²) >= 11 is 0. The van der Waals surface area contributed by atoms with Crippen molar-refractivity contribution < 1.29 is 4.74 Å². The standard InChI is InChI=1S/C15H32N2O/c1-5-13(3)17(11-12-18-4)15-9-7-14(8-10-15)16-6-2/h13-16H,5-12H2,1-4H3. The second-order valence-electron chi connectivity index (χ2n) is 5.55. The van der Waals surface area contributed by atoms with Gasteiger partial charge in [0.15, 0.2) is 0 Å². The van der Waals surface area contributed by atoms with Crippen LogP contribution in [0.4, 0.5) is 0 Å². The van der Waals surface area contributed by atoms with Crippen LogP contribution < -0.4 is 5.32 Å². The van der Waals surface area contributed by atoms with Crippen molar-refractivity contribution in [1.29, 1.82) is 0 Å². The Morgan fingerprint density at radius 2 is 1.89 bits per heavy atom. The minimum absolute atomic E-state index is 0.681. The molecular formula is C15H32N2O. The van der Waals surface area contributed by atoms with Crippen LogP contribution in [0.3, 0.4) is 0 Å². The third kappa shape index (κ3) is 4.87. The molecule has 0 aromatic heterocycles. The predicted molar refractivity (Wildman–Crippen MR) is 78.1 cm³/mol. The van der Waals surface area contributed by atoms with Crippen molar-refractivity contribution in [1.82, 2.24) is 10.2 Å². The molecular weight excluding hydrogens is 224 g/mol. The van der Waals surface area contributed by atoms with Crippen LogP contribution >= 0.6 is 0 Å². The van der Waals surface area contributed by atoms with E-state index in [1.165, 1.54) is 32.1 Å². The fraction of sp³-hybridized carbons (Fsp3) is 1.00. The molecule has 1 N–H and O–H groups in total. The minimum Gasteiger partial charge on any atom is -0.383 e. The summed E-state index contributed by atoms with van der Waals surface area (Å²) in [4.78, 5) is 2.67. The van der Waals surface area contributed by atoms with E-state index < -0.39 is 0 Å². The Labute approximate surface area is 113 Å². The first-order valence-electron chi connectivity index (χ1n) is 7.70. The zero-order valence-corrected chi connectivity index (χ0v) is 12.7. The van der Waals surface area contributed by atoms with E-state index in [2.05, 4.69) is 31.0 Å². The van der Waals surface area contributed by atoms with Gasteiger partial charge in [-0.1, -0.05) is 13.8 Å². The monoisotopic (exact) mass is 256 g/mol. The van der Waals surface area contributed by atoms with Crippen LogP contribution in [0, 0.1) is 0 Å². The van der Waals surface area contributed by atoms with Crippen molar-refractivity contribution in [2.45, 2.75) is 71.0 Å². The van der Waals surface area contributed by atoms with Gasteiger partial charge in [-0.2, -0.15) is 0 Å². The summed E-state index contributed by atoms with van der Waals surface area (Å²) in [6.45, 7) is 9.89. The highest BCUT2D eigenvalue weighted by Crippen LogP contribution is 2.25. The van der Waals surface area contributed by atoms with Crippen LogP contribution in [0.1, 0.15) is 52.9 Å². The Balaban J connectivity index is 2.43. The molecule has 0 aliphatic heterocycles. The molecule has 1 unspecified atom stereocenters. The summed E-state index contributed by atoms with van der Waals surface area (Å²) in [6, 6.07) is 2.21. The van der Waals surface area contributed by atoms with Gasteiger partial charge in [0.25, 0.3) is 0 Å². The molecule has 1 atom stereocenters. The Morgan fingerprint density at radius 3 is 2.39 bits per heavy atom. The topological polar surface area (TPSA) is 24.5 Å². The molecule has 1 aliphatic rings. The molecule has 0 bridgehead atoms. The molecule has 0 amide bonds. The number of methoxy groups -OCH3 is 1. The Morgan fingerprint density at radius 1 is 1.22 bits per heavy atom. The van der Waals surface area contributed by atoms with Crippen molar-refractivity contribution in [2.24, 2.45) is 0 Å². The summed E-state index contributed by atoms with van der Waals surface area (Å²) in [7, 11) is 1.80. The van der Waals surface area contributed by atoms with Gasteiger partial charge in [-0.3, -0.25) is 4.90 Å². The highest BCUT2D eigenvalue weighted by atomic mass is 16.5. The smallest absolute Gasteiger partial charge is 0.0589 e. The van der Waals surface area contributed by atoms with E-state index in [9.17, 15) is 0 Å². The van der Waals surface area contributed by atoms with Crippen LogP contribution in [-0.4, -0.2) is 49.8 Å². The molecule has 18 heavy (non-hydrogen) atoms. The fourth-order valence-electron chi connectivity index (χ4n) is 3.09. The number of ether oxygens (including phenoxy) is 1. The molecule has 0 radical (unpaired) electrons. The first-order chi connectivity index (χ1) is 8.72. The zero-order chi connectivity index (χ0) is 13.4. The lowest BCUT2D eigenvalue weighted by atomic mass is 9.89. The van der Waals surface area contributed by atoms with Gasteiger partial charge in [-0.05, 0) is 45.6 Å². The van der Waals surface area contributed by atoms with Crippen LogP contribution in [0.15, 0.2) is 0 Å². The van der Waals surface area contributed by atoms with Gasteiger partial charge in [0.1, 0.15) is 0 Å². The number of hydrogen-bond donors (Lipinski definition) is 1. The SMILES string of the molecule is CCNC1CCC(N(CCOC)C(C)CC)CC1. The number of hydrogen-bond acceptors (Lipinski definition) is 3. The van der Waals surface area contributed by atoms with Gasteiger partial charge in [-0.25, -0.2) is 0 Å². The van der Waals surface area contributed by atoms with Crippen LogP contribution in [-0.2, 0) is 4.74 Å². The Hall–Kier alpha value is -0.120. The van der Waals surface area contributed by atoms with Gasteiger partial charge in [0.2, 0.25) is 0 Å². The average molecular weight is 256 g/mol. The van der Waals surface area contributed by atoms with E-state index in [1.807, 2.05) is 0 Å². The second-order valence-corrected chi connectivity index (χ2v) is 5.55. The molecule has 0 heterocycles. The molecule has 0 aromatic rings. The van der Waals surface area contributed by atoms with Gasteiger partial charge >= 0.3 is 0 Å². The fourth-order valence-corrected chi connectivity index (χ4v) is 3.09. The first kappa shape index (κ1) is 15.9. The van der Waals surface area contributed by atoms with Crippen molar-refractivity contribution >= 4 is 0 Å². The summed E-state index contributed by atoms with van der Waals surface area (Å²) < 4.78 is 5.26. The van der Waals surface area contributed by atoms with Gasteiger partial charge in [0, 0.05) is 31.8 Å². The highest BCUT2D eigenvalue weighted by Gasteiger charge is 2.27. The molecule has 0 saturated heterocycles. The molecule has 1 aliphatic carbocycles. The summed E-state index contributed by atoms with van der Waals surface area (Å²) in [5.74, 6) is 0. The molecule has 1 rings (SSSR count). The minimum atomic E-state index is 0.681. The zero-order valence-electron chi connectivity index (χ0n) is 12.7. The van der Waals surface area contributed by atoms with Crippen molar-refractivity contribution in [3.8, 4) is 0 Å². The maximum absolute atomic E-state index is 5.26. The molecule has 0 spiro atoms. The molecule has 108 valence electrons. The lowest BCUT2D eigenvalue weighted by Crippen LogP contribution is -2.47. The number of nitrogens with zero attached hydrogens (tertiary/aromatic N) is 1. The summed E-state index contributed by atoms with van der Waals surface area (Å²) in [5.41, 5.74) is 0. The van der Waals surface area contributed by atoms with Crippen molar-refractivity contribution in [2.75, 3.05) is 26.8 Å². The van der Waals surface area contributed by atoms with Crippen molar-refractivity contribution in [3.63, 3.8) is 0 Å². The van der Waals surface area contributed by atoms with Crippen LogP contribution in [0.25, 0.3) is 0 Å². The van der Waals surface area contributed by atoms with E-state index in [1.54, 1.807) is 7.11 Å². The lowest BCUT2D eigenvalue weighted by Gasteiger charge is -2.40. The van der Waals surface area contributed by atoms with E-state index in [0.717, 1.165) is 31.8 Å². The highest BCUT2D eigenvalue weighted by molar-refractivity contribution is 4.84. The van der Waals surface area contributed by atoms with Gasteiger partial charge < -0.3 is 10.1 Å². The number of rotatable bonds is 8. The Kier molecular flexibility index (Phi) is 7.87.